The molecule has 3 aromatic rings. The summed E-state index contributed by atoms with van der Waals surface area (Å²) in [6.45, 7) is 1.55. The molecule has 2 aromatic carbocycles. The van der Waals surface area contributed by atoms with Gasteiger partial charge in [0.05, 0.1) is 6.54 Å². The summed E-state index contributed by atoms with van der Waals surface area (Å²) >= 11 is 0. The molecule has 5 heteroatoms. The SMILES string of the molecule is CC(O)(CNC(=O)c1nccc2ccccc12)c1ccc(F)cc1. The van der Waals surface area contributed by atoms with E-state index in [1.54, 1.807) is 13.1 Å². The molecule has 0 saturated carbocycles. The molecule has 1 heterocycles. The van der Waals surface area contributed by atoms with Gasteiger partial charge in [0.15, 0.2) is 0 Å². The van der Waals surface area contributed by atoms with Crippen LogP contribution in [0.3, 0.4) is 0 Å². The first-order valence-electron chi connectivity index (χ1n) is 7.58. The van der Waals surface area contributed by atoms with Crippen LogP contribution >= 0.6 is 0 Å². The van der Waals surface area contributed by atoms with Gasteiger partial charge in [0.25, 0.3) is 5.91 Å². The summed E-state index contributed by atoms with van der Waals surface area (Å²) in [6.07, 6.45) is 1.58. The Morgan fingerprint density at radius 3 is 2.62 bits per heavy atom. The molecule has 1 amide bonds. The van der Waals surface area contributed by atoms with Crippen LogP contribution in [0.1, 0.15) is 23.0 Å². The summed E-state index contributed by atoms with van der Waals surface area (Å²) in [5, 5.41) is 14.9. The van der Waals surface area contributed by atoms with Gasteiger partial charge in [0.1, 0.15) is 17.1 Å². The Morgan fingerprint density at radius 1 is 1.17 bits per heavy atom. The molecule has 1 atom stereocenters. The number of aromatic nitrogens is 1. The van der Waals surface area contributed by atoms with Crippen LogP contribution in [-0.4, -0.2) is 22.5 Å². The number of nitrogens with one attached hydrogen (secondary N) is 1. The molecular formula is C19H17FN2O2. The third-order valence-corrected chi connectivity index (χ3v) is 3.95. The lowest BCUT2D eigenvalue weighted by molar-refractivity contribution is 0.0525. The predicted molar refractivity (Wildman–Crippen MR) is 90.0 cm³/mol. The summed E-state index contributed by atoms with van der Waals surface area (Å²) in [5.41, 5.74) is -0.480. The molecule has 0 aliphatic heterocycles. The molecule has 0 bridgehead atoms. The molecule has 0 saturated heterocycles. The fourth-order valence-corrected chi connectivity index (χ4v) is 2.55. The molecular weight excluding hydrogens is 307 g/mol. The maximum absolute atomic E-state index is 13.0. The van der Waals surface area contributed by atoms with Gasteiger partial charge in [-0.1, -0.05) is 36.4 Å². The third kappa shape index (κ3) is 3.26. The topological polar surface area (TPSA) is 62.2 Å². The fourth-order valence-electron chi connectivity index (χ4n) is 2.55. The van der Waals surface area contributed by atoms with Crippen LogP contribution < -0.4 is 5.32 Å². The van der Waals surface area contributed by atoms with Gasteiger partial charge < -0.3 is 10.4 Å². The molecule has 24 heavy (non-hydrogen) atoms. The Bertz CT molecular complexity index is 871. The molecule has 0 fully saturated rings. The molecule has 0 radical (unpaired) electrons. The van der Waals surface area contributed by atoms with Crippen molar-refractivity contribution in [2.45, 2.75) is 12.5 Å². The van der Waals surface area contributed by atoms with Crippen molar-refractivity contribution in [3.05, 3.63) is 77.9 Å². The van der Waals surface area contributed by atoms with E-state index < -0.39 is 5.60 Å². The van der Waals surface area contributed by atoms with Gasteiger partial charge in [-0.25, -0.2) is 4.39 Å². The van der Waals surface area contributed by atoms with Crippen LogP contribution in [0, 0.1) is 5.82 Å². The number of nitrogens with zero attached hydrogens (tertiary/aromatic N) is 1. The van der Waals surface area contributed by atoms with Crippen molar-refractivity contribution in [1.82, 2.24) is 10.3 Å². The first-order valence-corrected chi connectivity index (χ1v) is 7.58. The zero-order valence-corrected chi connectivity index (χ0v) is 13.2. The first-order chi connectivity index (χ1) is 11.5. The molecule has 2 N–H and O–H groups in total. The van der Waals surface area contributed by atoms with Crippen molar-refractivity contribution in [2.75, 3.05) is 6.54 Å². The fraction of sp³-hybridized carbons (Fsp3) is 0.158. The number of halogens is 1. The van der Waals surface area contributed by atoms with Gasteiger partial charge in [-0.3, -0.25) is 9.78 Å². The van der Waals surface area contributed by atoms with Gasteiger partial charge in [-0.15, -0.1) is 0 Å². The highest BCUT2D eigenvalue weighted by molar-refractivity contribution is 6.05. The zero-order valence-electron chi connectivity index (χ0n) is 13.2. The van der Waals surface area contributed by atoms with Gasteiger partial charge in [0.2, 0.25) is 0 Å². The summed E-state index contributed by atoms with van der Waals surface area (Å²) in [6, 6.07) is 14.8. The summed E-state index contributed by atoms with van der Waals surface area (Å²) in [7, 11) is 0. The van der Waals surface area contributed by atoms with Gasteiger partial charge in [-0.05, 0) is 36.1 Å². The minimum atomic E-state index is -1.31. The van der Waals surface area contributed by atoms with Crippen LogP contribution in [0.4, 0.5) is 4.39 Å². The second-order valence-electron chi connectivity index (χ2n) is 5.84. The molecule has 0 aliphatic rings. The van der Waals surface area contributed by atoms with Crippen LogP contribution in [-0.2, 0) is 5.60 Å². The molecule has 0 aliphatic carbocycles. The lowest BCUT2D eigenvalue weighted by Crippen LogP contribution is -2.39. The van der Waals surface area contributed by atoms with Crippen molar-refractivity contribution in [3.63, 3.8) is 0 Å². The Labute approximate surface area is 139 Å². The van der Waals surface area contributed by atoms with Crippen molar-refractivity contribution in [2.24, 2.45) is 0 Å². The number of aliphatic hydroxyl groups is 1. The highest BCUT2D eigenvalue weighted by Gasteiger charge is 2.24. The highest BCUT2D eigenvalue weighted by Crippen LogP contribution is 2.21. The highest BCUT2D eigenvalue weighted by atomic mass is 19.1. The molecule has 1 aromatic heterocycles. The van der Waals surface area contributed by atoms with Crippen LogP contribution in [0.5, 0.6) is 0 Å². The summed E-state index contributed by atoms with van der Waals surface area (Å²) < 4.78 is 13.0. The Kier molecular flexibility index (Phi) is 4.27. The van der Waals surface area contributed by atoms with Crippen molar-refractivity contribution >= 4 is 16.7 Å². The van der Waals surface area contributed by atoms with E-state index in [1.807, 2.05) is 30.3 Å². The molecule has 0 spiro atoms. The van der Waals surface area contributed by atoms with E-state index in [2.05, 4.69) is 10.3 Å². The molecule has 4 nitrogen and oxygen atoms in total. The van der Waals surface area contributed by atoms with Crippen LogP contribution in [0.15, 0.2) is 60.8 Å². The van der Waals surface area contributed by atoms with E-state index in [9.17, 15) is 14.3 Å². The van der Waals surface area contributed by atoms with E-state index in [0.29, 0.717) is 11.3 Å². The maximum Gasteiger partial charge on any atom is 0.270 e. The van der Waals surface area contributed by atoms with Crippen LogP contribution in [0.2, 0.25) is 0 Å². The van der Waals surface area contributed by atoms with Gasteiger partial charge >= 0.3 is 0 Å². The second-order valence-corrected chi connectivity index (χ2v) is 5.84. The number of hydrogen-bond acceptors (Lipinski definition) is 3. The smallest absolute Gasteiger partial charge is 0.270 e. The van der Waals surface area contributed by atoms with E-state index >= 15 is 0 Å². The zero-order chi connectivity index (χ0) is 17.2. The van der Waals surface area contributed by atoms with Gasteiger partial charge in [-0.2, -0.15) is 0 Å². The lowest BCUT2D eigenvalue weighted by atomic mass is 9.96. The average Bonchev–Trinajstić information content (AvgIpc) is 2.59. The Balaban J connectivity index is 1.78. The maximum atomic E-state index is 13.0. The average molecular weight is 324 g/mol. The molecule has 1 unspecified atom stereocenters. The molecule has 3 rings (SSSR count). The van der Waals surface area contributed by atoms with E-state index in [-0.39, 0.29) is 18.3 Å². The van der Waals surface area contributed by atoms with Crippen molar-refractivity contribution < 1.29 is 14.3 Å². The van der Waals surface area contributed by atoms with Crippen molar-refractivity contribution in [3.8, 4) is 0 Å². The number of carbonyl (C=O) groups excluding carboxylic acids is 1. The standard InChI is InChI=1S/C19H17FN2O2/c1-19(24,14-6-8-15(20)9-7-14)12-22-18(23)17-16-5-3-2-4-13(16)10-11-21-17/h2-11,24H,12H2,1H3,(H,22,23). The predicted octanol–water partition coefficient (Wildman–Crippen LogP) is 3.01. The monoisotopic (exact) mass is 324 g/mol. The normalized spacial score (nSPS) is 13.5. The largest absolute Gasteiger partial charge is 0.384 e. The molecule has 122 valence electrons. The van der Waals surface area contributed by atoms with E-state index in [1.165, 1.54) is 24.3 Å². The van der Waals surface area contributed by atoms with Gasteiger partial charge in [0, 0.05) is 11.6 Å². The van der Waals surface area contributed by atoms with E-state index in [0.717, 1.165) is 10.8 Å². The number of benzene rings is 2. The number of rotatable bonds is 4. The summed E-state index contributed by atoms with van der Waals surface area (Å²) in [5.74, 6) is -0.743. The Hall–Kier alpha value is -2.79. The first kappa shape index (κ1) is 16.1. The minimum absolute atomic E-state index is 0.0115. The van der Waals surface area contributed by atoms with E-state index in [4.69, 9.17) is 0 Å². The second kappa shape index (κ2) is 6.37. The number of amides is 1. The third-order valence-electron chi connectivity index (χ3n) is 3.95. The number of hydrogen-bond donors (Lipinski definition) is 2. The number of carbonyl (C=O) groups is 1. The number of pyridine rings is 1. The Morgan fingerprint density at radius 2 is 1.88 bits per heavy atom. The quantitative estimate of drug-likeness (QED) is 0.775. The number of fused-ring (bicyclic) bond motifs is 1. The summed E-state index contributed by atoms with van der Waals surface area (Å²) in [4.78, 5) is 16.6. The minimum Gasteiger partial charge on any atom is -0.384 e. The van der Waals surface area contributed by atoms with Crippen LogP contribution in [0.25, 0.3) is 10.8 Å². The van der Waals surface area contributed by atoms with Crippen molar-refractivity contribution in [1.29, 1.82) is 0 Å². The lowest BCUT2D eigenvalue weighted by Gasteiger charge is -2.24.